The molecule has 5 rings (SSSR count). The van der Waals surface area contributed by atoms with E-state index in [1.807, 2.05) is 4.90 Å². The first-order chi connectivity index (χ1) is 17.8. The van der Waals surface area contributed by atoms with Gasteiger partial charge in [0, 0.05) is 61.1 Å². The summed E-state index contributed by atoms with van der Waals surface area (Å²) >= 11 is 0. The average molecular weight is 521 g/mol. The molecule has 1 aromatic heterocycles. The minimum atomic E-state index is -3.89. The number of carbonyl (C=O) groups excluding carboxylic acids is 1. The number of fused-ring (bicyclic) bond motifs is 1. The van der Waals surface area contributed by atoms with Crippen LogP contribution in [0.25, 0.3) is 10.9 Å². The number of nitrogens with one attached hydrogen (secondary N) is 1. The lowest BCUT2D eigenvalue weighted by atomic mass is 10.1. The molecule has 0 aliphatic carbocycles. The van der Waals surface area contributed by atoms with E-state index >= 15 is 0 Å². The molecule has 0 spiro atoms. The number of carbonyl (C=O) groups is 1. The number of aromatic nitrogens is 1. The summed E-state index contributed by atoms with van der Waals surface area (Å²) in [6.07, 6.45) is 1.55. The van der Waals surface area contributed by atoms with Gasteiger partial charge >= 0.3 is 0 Å². The fourth-order valence-electron chi connectivity index (χ4n) is 4.40. The molecule has 0 radical (unpaired) electrons. The predicted molar refractivity (Wildman–Crippen MR) is 138 cm³/mol. The normalized spacial score (nSPS) is 14.6. The van der Waals surface area contributed by atoms with Crippen LogP contribution in [0.1, 0.15) is 15.9 Å². The number of phenolic OH excluding ortho intramolecular Hbond substituents is 1. The molecule has 3 aromatic carbocycles. The Balaban J connectivity index is 1.22. The SMILES string of the molecule is O=C(c1ccc(NS(=O)(=O)c2cccc3cccnc23)cc1)N1CCN(Cc2c(O)cccc2F)CC1. The zero-order valence-electron chi connectivity index (χ0n) is 19.8. The Morgan fingerprint density at radius 1 is 0.946 bits per heavy atom. The van der Waals surface area contributed by atoms with Crippen molar-refractivity contribution in [1.82, 2.24) is 14.8 Å². The van der Waals surface area contributed by atoms with Gasteiger partial charge in [0.25, 0.3) is 15.9 Å². The van der Waals surface area contributed by atoms with E-state index in [4.69, 9.17) is 0 Å². The quantitative estimate of drug-likeness (QED) is 0.401. The maximum atomic E-state index is 14.0. The molecule has 190 valence electrons. The number of halogens is 1. The van der Waals surface area contributed by atoms with Crippen LogP contribution in [-0.4, -0.2) is 60.4 Å². The molecule has 1 fully saturated rings. The number of benzene rings is 3. The molecule has 8 nitrogen and oxygen atoms in total. The third-order valence-corrected chi connectivity index (χ3v) is 7.82. The van der Waals surface area contributed by atoms with E-state index in [1.54, 1.807) is 59.6 Å². The molecule has 1 aliphatic heterocycles. The lowest BCUT2D eigenvalue weighted by molar-refractivity contribution is 0.0626. The van der Waals surface area contributed by atoms with Crippen LogP contribution in [0.2, 0.25) is 0 Å². The van der Waals surface area contributed by atoms with E-state index in [9.17, 15) is 22.7 Å². The molecule has 1 saturated heterocycles. The van der Waals surface area contributed by atoms with Gasteiger partial charge in [-0.25, -0.2) is 12.8 Å². The topological polar surface area (TPSA) is 103 Å². The summed E-state index contributed by atoms with van der Waals surface area (Å²) in [7, 11) is -3.89. The number of phenols is 1. The third-order valence-electron chi connectivity index (χ3n) is 6.40. The number of nitrogens with zero attached hydrogens (tertiary/aromatic N) is 3. The van der Waals surface area contributed by atoms with Crippen molar-refractivity contribution in [1.29, 1.82) is 0 Å². The Kier molecular flexibility index (Phi) is 6.77. The van der Waals surface area contributed by atoms with E-state index in [-0.39, 0.29) is 28.7 Å². The van der Waals surface area contributed by atoms with Crippen molar-refractivity contribution in [2.24, 2.45) is 0 Å². The highest BCUT2D eigenvalue weighted by Crippen LogP contribution is 2.25. The fraction of sp³-hybridized carbons (Fsp3) is 0.185. The number of aromatic hydroxyl groups is 1. The van der Waals surface area contributed by atoms with Crippen molar-refractivity contribution < 1.29 is 22.7 Å². The first-order valence-electron chi connectivity index (χ1n) is 11.8. The second kappa shape index (κ2) is 10.2. The number of para-hydroxylation sites is 1. The Labute approximate surface area is 214 Å². The molecule has 0 unspecified atom stereocenters. The fourth-order valence-corrected chi connectivity index (χ4v) is 5.64. The highest BCUT2D eigenvalue weighted by molar-refractivity contribution is 7.93. The Hall–Kier alpha value is -4.02. The van der Waals surface area contributed by atoms with Gasteiger partial charge in [0.05, 0.1) is 5.52 Å². The summed E-state index contributed by atoms with van der Waals surface area (Å²) in [5, 5.41) is 10.7. The van der Waals surface area contributed by atoms with Gasteiger partial charge in [-0.3, -0.25) is 19.4 Å². The van der Waals surface area contributed by atoms with Gasteiger partial charge < -0.3 is 10.0 Å². The number of hydrogen-bond donors (Lipinski definition) is 2. The van der Waals surface area contributed by atoms with Gasteiger partial charge in [0.2, 0.25) is 0 Å². The number of pyridine rings is 1. The molecular formula is C27H25FN4O4S. The second-order valence-electron chi connectivity index (χ2n) is 8.82. The molecular weight excluding hydrogens is 495 g/mol. The number of piperazine rings is 1. The monoisotopic (exact) mass is 520 g/mol. The number of amides is 1. The Morgan fingerprint density at radius 3 is 2.38 bits per heavy atom. The molecule has 0 saturated carbocycles. The van der Waals surface area contributed by atoms with Crippen molar-refractivity contribution >= 4 is 32.5 Å². The summed E-state index contributed by atoms with van der Waals surface area (Å²) in [5.41, 5.74) is 1.40. The van der Waals surface area contributed by atoms with Gasteiger partial charge in [0.1, 0.15) is 16.5 Å². The third kappa shape index (κ3) is 5.25. The van der Waals surface area contributed by atoms with Gasteiger partial charge in [-0.05, 0) is 48.5 Å². The molecule has 1 amide bonds. The second-order valence-corrected chi connectivity index (χ2v) is 10.5. The smallest absolute Gasteiger partial charge is 0.264 e. The summed E-state index contributed by atoms with van der Waals surface area (Å²) in [6, 6.07) is 19.0. The van der Waals surface area contributed by atoms with E-state index in [0.717, 1.165) is 5.39 Å². The summed E-state index contributed by atoms with van der Waals surface area (Å²) in [5.74, 6) is -0.696. The first-order valence-corrected chi connectivity index (χ1v) is 13.2. The van der Waals surface area contributed by atoms with E-state index in [2.05, 4.69) is 9.71 Å². The maximum absolute atomic E-state index is 14.0. The first kappa shape index (κ1) is 24.7. The molecule has 4 aromatic rings. The zero-order chi connectivity index (χ0) is 26.0. The predicted octanol–water partition coefficient (Wildman–Crippen LogP) is 3.84. The number of rotatable bonds is 6. The maximum Gasteiger partial charge on any atom is 0.264 e. The van der Waals surface area contributed by atoms with E-state index < -0.39 is 15.8 Å². The highest BCUT2D eigenvalue weighted by Gasteiger charge is 2.24. The minimum Gasteiger partial charge on any atom is -0.508 e. The number of sulfonamides is 1. The lowest BCUT2D eigenvalue weighted by Gasteiger charge is -2.35. The summed E-state index contributed by atoms with van der Waals surface area (Å²) in [6.45, 7) is 2.25. The number of hydrogen-bond acceptors (Lipinski definition) is 6. The van der Waals surface area contributed by atoms with Crippen LogP contribution >= 0.6 is 0 Å². The lowest BCUT2D eigenvalue weighted by Crippen LogP contribution is -2.48. The Morgan fingerprint density at radius 2 is 1.65 bits per heavy atom. The van der Waals surface area contributed by atoms with Crippen LogP contribution in [0.5, 0.6) is 5.75 Å². The van der Waals surface area contributed by atoms with Gasteiger partial charge in [0.15, 0.2) is 0 Å². The van der Waals surface area contributed by atoms with Gasteiger partial charge in [-0.15, -0.1) is 0 Å². The van der Waals surface area contributed by atoms with Crippen LogP contribution in [0, 0.1) is 5.82 Å². The highest BCUT2D eigenvalue weighted by atomic mass is 32.2. The van der Waals surface area contributed by atoms with E-state index in [1.165, 1.54) is 24.3 Å². The summed E-state index contributed by atoms with van der Waals surface area (Å²) < 4.78 is 42.6. The zero-order valence-corrected chi connectivity index (χ0v) is 20.7. The van der Waals surface area contributed by atoms with Crippen LogP contribution in [-0.2, 0) is 16.6 Å². The van der Waals surface area contributed by atoms with Crippen LogP contribution in [0.3, 0.4) is 0 Å². The molecule has 2 heterocycles. The average Bonchev–Trinajstić information content (AvgIpc) is 2.91. The Bertz CT molecular complexity index is 1530. The van der Waals surface area contributed by atoms with Crippen LogP contribution in [0.15, 0.2) is 83.9 Å². The van der Waals surface area contributed by atoms with Gasteiger partial charge in [-0.1, -0.05) is 24.3 Å². The molecule has 37 heavy (non-hydrogen) atoms. The van der Waals surface area contributed by atoms with Crippen molar-refractivity contribution in [2.75, 3.05) is 30.9 Å². The van der Waals surface area contributed by atoms with Gasteiger partial charge in [-0.2, -0.15) is 0 Å². The standard InChI is InChI=1S/C27H25FN4O4S/c28-23-6-2-7-24(33)22(23)18-31-14-16-32(17-15-31)27(34)20-9-11-21(12-10-20)30-37(35,36)25-8-1-4-19-5-3-13-29-26(19)25/h1-13,30,33H,14-18H2. The van der Waals surface area contributed by atoms with Crippen molar-refractivity contribution in [3.63, 3.8) is 0 Å². The number of anilines is 1. The molecule has 2 N–H and O–H groups in total. The van der Waals surface area contributed by atoms with Crippen LogP contribution < -0.4 is 4.72 Å². The van der Waals surface area contributed by atoms with Crippen molar-refractivity contribution in [3.05, 3.63) is 95.9 Å². The van der Waals surface area contributed by atoms with E-state index in [0.29, 0.717) is 42.9 Å². The van der Waals surface area contributed by atoms with Crippen molar-refractivity contribution in [2.45, 2.75) is 11.4 Å². The largest absolute Gasteiger partial charge is 0.508 e. The van der Waals surface area contributed by atoms with Crippen LogP contribution in [0.4, 0.5) is 10.1 Å². The molecule has 0 bridgehead atoms. The minimum absolute atomic E-state index is 0.0762. The summed E-state index contributed by atoms with van der Waals surface area (Å²) in [4.78, 5) is 21.0. The molecule has 1 aliphatic rings. The van der Waals surface area contributed by atoms with Crippen molar-refractivity contribution in [3.8, 4) is 5.75 Å². The molecule has 0 atom stereocenters. The molecule has 10 heteroatoms.